The fourth-order valence-electron chi connectivity index (χ4n) is 3.39. The lowest BCUT2D eigenvalue weighted by Crippen LogP contribution is -2.51. The summed E-state index contributed by atoms with van der Waals surface area (Å²) in [5, 5.41) is 0. The van der Waals surface area contributed by atoms with E-state index in [0.29, 0.717) is 18.9 Å². The number of aryl methyl sites for hydroxylation is 1. The van der Waals surface area contributed by atoms with Crippen molar-refractivity contribution in [3.63, 3.8) is 0 Å². The summed E-state index contributed by atoms with van der Waals surface area (Å²) in [6.07, 6.45) is 10.2. The fraction of sp³-hybridized carbons (Fsp3) is 0.400. The highest BCUT2D eigenvalue weighted by molar-refractivity contribution is 6.32. The van der Waals surface area contributed by atoms with Crippen molar-refractivity contribution in [2.75, 3.05) is 6.54 Å². The highest BCUT2D eigenvalue weighted by atomic mass is 16.2. The third-order valence-electron chi connectivity index (χ3n) is 4.86. The fourth-order valence-corrected chi connectivity index (χ4v) is 3.39. The summed E-state index contributed by atoms with van der Waals surface area (Å²) in [6.45, 7) is 2.55. The second-order valence-electron chi connectivity index (χ2n) is 7.16. The van der Waals surface area contributed by atoms with Gasteiger partial charge in [0.25, 0.3) is 0 Å². The van der Waals surface area contributed by atoms with Gasteiger partial charge in [-0.1, -0.05) is 53.5 Å². The maximum absolute atomic E-state index is 12.7. The van der Waals surface area contributed by atoms with Crippen molar-refractivity contribution in [3.05, 3.63) is 53.6 Å². The third kappa shape index (κ3) is 4.41. The van der Waals surface area contributed by atoms with Crippen LogP contribution in [0.2, 0.25) is 0 Å². The first-order chi connectivity index (χ1) is 12.0. The van der Waals surface area contributed by atoms with Gasteiger partial charge in [0.15, 0.2) is 5.96 Å². The Hall–Kier alpha value is -2.30. The summed E-state index contributed by atoms with van der Waals surface area (Å²) >= 11 is 0. The monoisotopic (exact) mass is 333 g/mol. The molecule has 128 valence electrons. The Morgan fingerprint density at radius 2 is 2.24 bits per heavy atom. The Kier molecular flexibility index (Phi) is 5.12. The standard InChI is InChI=1S/C20H24BN3O/c1-20(11-10-15-8-5-9-17(21)12-15)13-18(25)24(19(22)23-20)14-16-6-3-2-4-7-16/h2-3,5-6,8-9,12H,4,7,10-11,13-14H2,1H3,(H2,22,23). The molecule has 0 bridgehead atoms. The molecule has 0 saturated heterocycles. The van der Waals surface area contributed by atoms with Crippen molar-refractivity contribution in [2.24, 2.45) is 10.7 Å². The summed E-state index contributed by atoms with van der Waals surface area (Å²) in [7, 11) is 5.83. The van der Waals surface area contributed by atoms with Crippen LogP contribution in [0.5, 0.6) is 0 Å². The lowest BCUT2D eigenvalue weighted by atomic mass is 9.87. The maximum atomic E-state index is 12.7. The second-order valence-corrected chi connectivity index (χ2v) is 7.16. The van der Waals surface area contributed by atoms with E-state index in [9.17, 15) is 4.79 Å². The highest BCUT2D eigenvalue weighted by Crippen LogP contribution is 2.28. The molecule has 3 rings (SSSR count). The van der Waals surface area contributed by atoms with Gasteiger partial charge in [0.1, 0.15) is 7.85 Å². The van der Waals surface area contributed by atoms with E-state index in [1.807, 2.05) is 37.3 Å². The first-order valence-electron chi connectivity index (χ1n) is 8.80. The second kappa shape index (κ2) is 7.30. The predicted octanol–water partition coefficient (Wildman–Crippen LogP) is 2.00. The van der Waals surface area contributed by atoms with Crippen LogP contribution in [0, 0.1) is 0 Å². The molecule has 1 aromatic carbocycles. The van der Waals surface area contributed by atoms with E-state index in [1.54, 1.807) is 4.90 Å². The lowest BCUT2D eigenvalue weighted by molar-refractivity contribution is -0.129. The van der Waals surface area contributed by atoms with Gasteiger partial charge in [0.2, 0.25) is 5.91 Å². The molecule has 4 nitrogen and oxygen atoms in total. The van der Waals surface area contributed by atoms with Crippen molar-refractivity contribution in [1.29, 1.82) is 0 Å². The van der Waals surface area contributed by atoms with Gasteiger partial charge in [0, 0.05) is 0 Å². The number of guanidine groups is 1. The van der Waals surface area contributed by atoms with Gasteiger partial charge in [-0.15, -0.1) is 0 Å². The molecule has 1 unspecified atom stereocenters. The van der Waals surface area contributed by atoms with Crippen LogP contribution in [0.3, 0.4) is 0 Å². The van der Waals surface area contributed by atoms with Crippen LogP contribution in [0.4, 0.5) is 0 Å². The number of carbonyl (C=O) groups excluding carboxylic acids is 1. The van der Waals surface area contributed by atoms with Crippen LogP contribution < -0.4 is 11.2 Å². The highest BCUT2D eigenvalue weighted by Gasteiger charge is 2.35. The normalized spacial score (nSPS) is 23.4. The van der Waals surface area contributed by atoms with E-state index in [2.05, 4.69) is 17.1 Å². The van der Waals surface area contributed by atoms with Crippen molar-refractivity contribution < 1.29 is 4.79 Å². The predicted molar refractivity (Wildman–Crippen MR) is 103 cm³/mol. The molecule has 0 aromatic heterocycles. The number of allylic oxidation sites excluding steroid dienone is 3. The minimum Gasteiger partial charge on any atom is -0.369 e. The number of nitrogens with zero attached hydrogens (tertiary/aromatic N) is 2. The first kappa shape index (κ1) is 17.5. The Morgan fingerprint density at radius 3 is 2.92 bits per heavy atom. The van der Waals surface area contributed by atoms with Crippen LogP contribution in [-0.4, -0.2) is 36.7 Å². The maximum Gasteiger partial charge on any atom is 0.232 e. The summed E-state index contributed by atoms with van der Waals surface area (Å²) in [5.41, 5.74) is 8.82. The number of benzene rings is 1. The molecule has 1 aliphatic heterocycles. The molecule has 25 heavy (non-hydrogen) atoms. The zero-order chi connectivity index (χ0) is 17.9. The summed E-state index contributed by atoms with van der Waals surface area (Å²) in [5.74, 6) is 0.389. The summed E-state index contributed by atoms with van der Waals surface area (Å²) < 4.78 is 0. The number of hydrogen-bond donors (Lipinski definition) is 1. The molecular weight excluding hydrogens is 309 g/mol. The summed E-state index contributed by atoms with van der Waals surface area (Å²) in [4.78, 5) is 18.9. The Labute approximate surface area is 150 Å². The Bertz CT molecular complexity index is 753. The Balaban J connectivity index is 1.68. The van der Waals surface area contributed by atoms with E-state index >= 15 is 0 Å². The van der Waals surface area contributed by atoms with E-state index < -0.39 is 5.54 Å². The number of hydrogen-bond acceptors (Lipinski definition) is 3. The first-order valence-corrected chi connectivity index (χ1v) is 8.80. The smallest absolute Gasteiger partial charge is 0.232 e. The van der Waals surface area contributed by atoms with Crippen LogP contribution in [0.25, 0.3) is 0 Å². The van der Waals surface area contributed by atoms with Gasteiger partial charge in [-0.25, -0.2) is 4.99 Å². The third-order valence-corrected chi connectivity index (χ3v) is 4.86. The van der Waals surface area contributed by atoms with Gasteiger partial charge < -0.3 is 5.73 Å². The SMILES string of the molecule is [B]c1cccc(CCC2(C)CC(=O)N(CC3=CC=CCC3)C(N)=N2)c1. The molecule has 2 radical (unpaired) electrons. The van der Waals surface area contributed by atoms with Gasteiger partial charge >= 0.3 is 0 Å². The minimum atomic E-state index is -0.455. The van der Waals surface area contributed by atoms with Crippen LogP contribution in [0.1, 0.15) is 38.2 Å². The summed E-state index contributed by atoms with van der Waals surface area (Å²) in [6, 6.07) is 7.84. The molecule has 1 amide bonds. The van der Waals surface area contributed by atoms with E-state index in [-0.39, 0.29) is 5.91 Å². The molecule has 1 aromatic rings. The quantitative estimate of drug-likeness (QED) is 0.838. The number of carbonyl (C=O) groups is 1. The van der Waals surface area contributed by atoms with Crippen molar-refractivity contribution >= 4 is 25.2 Å². The van der Waals surface area contributed by atoms with Gasteiger partial charge in [0.05, 0.1) is 18.5 Å². The Morgan fingerprint density at radius 1 is 1.40 bits per heavy atom. The molecule has 1 atom stereocenters. The number of amides is 1. The molecular formula is C20H24BN3O. The van der Waals surface area contributed by atoms with Gasteiger partial charge in [-0.2, -0.15) is 0 Å². The van der Waals surface area contributed by atoms with Crippen LogP contribution in [0.15, 0.2) is 53.1 Å². The van der Waals surface area contributed by atoms with E-state index in [4.69, 9.17) is 13.6 Å². The number of aliphatic imine (C=N–C) groups is 1. The van der Waals surface area contributed by atoms with Crippen molar-refractivity contribution in [2.45, 2.75) is 44.6 Å². The molecule has 0 saturated carbocycles. The average Bonchev–Trinajstić information content (AvgIpc) is 2.58. The molecule has 2 aliphatic rings. The lowest BCUT2D eigenvalue weighted by Gasteiger charge is -2.35. The molecule has 1 aliphatic carbocycles. The molecule has 5 heteroatoms. The molecule has 0 spiro atoms. The minimum absolute atomic E-state index is 0.0537. The topological polar surface area (TPSA) is 58.7 Å². The van der Waals surface area contributed by atoms with Crippen LogP contribution >= 0.6 is 0 Å². The van der Waals surface area contributed by atoms with Gasteiger partial charge in [-0.3, -0.25) is 9.69 Å². The van der Waals surface area contributed by atoms with E-state index in [0.717, 1.165) is 36.7 Å². The van der Waals surface area contributed by atoms with Crippen molar-refractivity contribution in [3.8, 4) is 0 Å². The van der Waals surface area contributed by atoms with Gasteiger partial charge in [-0.05, 0) is 38.2 Å². The number of rotatable bonds is 5. The average molecular weight is 333 g/mol. The van der Waals surface area contributed by atoms with E-state index in [1.165, 1.54) is 5.57 Å². The molecule has 2 N–H and O–H groups in total. The largest absolute Gasteiger partial charge is 0.369 e. The number of nitrogens with two attached hydrogens (primary N) is 1. The molecule has 0 fully saturated rings. The van der Waals surface area contributed by atoms with Crippen molar-refractivity contribution in [1.82, 2.24) is 4.90 Å². The zero-order valence-corrected chi connectivity index (χ0v) is 14.7. The van der Waals surface area contributed by atoms with Crippen LogP contribution in [-0.2, 0) is 11.2 Å². The molecule has 1 heterocycles. The zero-order valence-electron chi connectivity index (χ0n) is 14.7.